The summed E-state index contributed by atoms with van der Waals surface area (Å²) in [7, 11) is 0. The zero-order chi connectivity index (χ0) is 73.9. The molecule has 16 aromatic carbocycles. The van der Waals surface area contributed by atoms with Crippen LogP contribution in [0.25, 0.3) is 167 Å². The molecule has 0 saturated carbocycles. The highest BCUT2D eigenvalue weighted by molar-refractivity contribution is 6.15. The molecule has 2 aliphatic rings. The van der Waals surface area contributed by atoms with Crippen molar-refractivity contribution in [1.82, 2.24) is 19.9 Å². The van der Waals surface area contributed by atoms with E-state index in [4.69, 9.17) is 28.8 Å². The van der Waals surface area contributed by atoms with Crippen LogP contribution in [0.3, 0.4) is 0 Å². The van der Waals surface area contributed by atoms with E-state index in [9.17, 15) is 0 Å². The molecule has 0 fully saturated rings. The Labute approximate surface area is 647 Å². The van der Waals surface area contributed by atoms with Crippen molar-refractivity contribution in [2.75, 3.05) is 0 Å². The van der Waals surface area contributed by atoms with Crippen LogP contribution >= 0.6 is 0 Å². The molecule has 4 heterocycles. The largest absolute Gasteiger partial charge is 0.456 e. The third-order valence-electron chi connectivity index (χ3n) is 23.3. The van der Waals surface area contributed by atoms with Gasteiger partial charge in [-0.3, -0.25) is 0 Å². The Morgan fingerprint density at radius 2 is 0.527 bits per heavy atom. The summed E-state index contributed by atoms with van der Waals surface area (Å²) < 4.78 is 13.9. The summed E-state index contributed by atoms with van der Waals surface area (Å²) in [6.45, 7) is 0. The summed E-state index contributed by atoms with van der Waals surface area (Å²) in [6.07, 6.45) is 0. The average molecular weight is 1430 g/mol. The fraction of sp³-hybridized carbons (Fsp3) is 0.0189. The van der Waals surface area contributed by atoms with Crippen LogP contribution in [0.15, 0.2) is 409 Å². The average Bonchev–Trinajstić information content (AvgIpc) is 1.53. The lowest BCUT2D eigenvalue weighted by atomic mass is 9.67. The molecule has 1 atom stereocenters. The third-order valence-corrected chi connectivity index (χ3v) is 23.3. The number of benzene rings is 16. The number of hydrogen-bond donors (Lipinski definition) is 0. The maximum Gasteiger partial charge on any atom is 0.160 e. The van der Waals surface area contributed by atoms with Crippen molar-refractivity contribution < 1.29 is 8.83 Å². The molecule has 0 N–H and O–H groups in total. The van der Waals surface area contributed by atoms with Gasteiger partial charge in [0, 0.05) is 54.9 Å². The normalized spacial score (nSPS) is 13.8. The fourth-order valence-corrected chi connectivity index (χ4v) is 18.2. The van der Waals surface area contributed by atoms with Crippen LogP contribution in [0.2, 0.25) is 0 Å². The molecule has 0 aliphatic heterocycles. The van der Waals surface area contributed by atoms with E-state index in [1.54, 1.807) is 0 Å². The highest BCUT2D eigenvalue weighted by atomic mass is 16.3. The Morgan fingerprint density at radius 3 is 1.06 bits per heavy atom. The van der Waals surface area contributed by atoms with Crippen molar-refractivity contribution in [2.45, 2.75) is 10.8 Å². The highest BCUT2D eigenvalue weighted by Gasteiger charge is 2.48. The molecule has 0 saturated heterocycles. The second-order valence-corrected chi connectivity index (χ2v) is 29.4. The molecule has 2 aliphatic carbocycles. The van der Waals surface area contributed by atoms with Crippen LogP contribution in [0.1, 0.15) is 44.5 Å². The number of nitrogens with zero attached hydrogens (tertiary/aromatic N) is 4. The quantitative estimate of drug-likeness (QED) is 0.114. The summed E-state index contributed by atoms with van der Waals surface area (Å²) in [5.41, 5.74) is 32.5. The minimum Gasteiger partial charge on any atom is -0.456 e. The van der Waals surface area contributed by atoms with E-state index in [1.807, 2.05) is 30.3 Å². The van der Waals surface area contributed by atoms with E-state index in [2.05, 4.69) is 370 Å². The van der Waals surface area contributed by atoms with Crippen LogP contribution < -0.4 is 0 Å². The van der Waals surface area contributed by atoms with E-state index >= 15 is 0 Å². The van der Waals surface area contributed by atoms with E-state index in [-0.39, 0.29) is 0 Å². The minimum absolute atomic E-state index is 0.524. The van der Waals surface area contributed by atoms with E-state index < -0.39 is 10.8 Å². The summed E-state index contributed by atoms with van der Waals surface area (Å²) in [5.74, 6) is 1.33. The molecule has 0 amide bonds. The number of aromatic nitrogens is 4. The van der Waals surface area contributed by atoms with Crippen molar-refractivity contribution in [3.63, 3.8) is 0 Å². The lowest BCUT2D eigenvalue weighted by Gasteiger charge is -2.34. The van der Waals surface area contributed by atoms with Gasteiger partial charge in [-0.05, 0) is 167 Å². The highest BCUT2D eigenvalue weighted by Crippen LogP contribution is 2.60. The van der Waals surface area contributed by atoms with Crippen molar-refractivity contribution in [3.05, 3.63) is 445 Å². The maximum atomic E-state index is 7.07. The second kappa shape index (κ2) is 26.0. The third kappa shape index (κ3) is 10.3. The zero-order valence-corrected chi connectivity index (χ0v) is 60.7. The van der Waals surface area contributed by atoms with Gasteiger partial charge in [0.1, 0.15) is 22.3 Å². The van der Waals surface area contributed by atoms with Gasteiger partial charge in [-0.25, -0.2) is 19.9 Å². The van der Waals surface area contributed by atoms with Gasteiger partial charge >= 0.3 is 0 Å². The Hall–Kier alpha value is -14.7. The van der Waals surface area contributed by atoms with Crippen LogP contribution in [0.5, 0.6) is 0 Å². The zero-order valence-electron chi connectivity index (χ0n) is 60.7. The Bertz CT molecular complexity index is 6980. The fourth-order valence-electron chi connectivity index (χ4n) is 18.2. The van der Waals surface area contributed by atoms with Gasteiger partial charge in [-0.2, -0.15) is 0 Å². The molecule has 6 heteroatoms. The molecule has 22 rings (SSSR count). The second-order valence-electron chi connectivity index (χ2n) is 29.4. The molecule has 0 radical (unpaired) electrons. The number of rotatable bonds is 13. The predicted octanol–water partition coefficient (Wildman–Crippen LogP) is 26.8. The molecule has 6 nitrogen and oxygen atoms in total. The van der Waals surface area contributed by atoms with Gasteiger partial charge in [-0.1, -0.05) is 334 Å². The van der Waals surface area contributed by atoms with Gasteiger partial charge in [0.25, 0.3) is 0 Å². The number of fused-ring (bicyclic) bond motifs is 12. The van der Waals surface area contributed by atoms with Crippen molar-refractivity contribution in [3.8, 4) is 123 Å². The lowest BCUT2D eigenvalue weighted by molar-refractivity contribution is 0.665. The first-order valence-corrected chi connectivity index (χ1v) is 38.2. The van der Waals surface area contributed by atoms with Crippen LogP contribution in [0, 0.1) is 0 Å². The van der Waals surface area contributed by atoms with Crippen LogP contribution in [-0.4, -0.2) is 19.9 Å². The lowest BCUT2D eigenvalue weighted by Crippen LogP contribution is -2.28. The van der Waals surface area contributed by atoms with Crippen molar-refractivity contribution >= 4 is 43.9 Å². The summed E-state index contributed by atoms with van der Waals surface area (Å²) in [4.78, 5) is 21.0. The van der Waals surface area contributed by atoms with Gasteiger partial charge in [-0.15, -0.1) is 0 Å². The smallest absolute Gasteiger partial charge is 0.160 e. The molecule has 4 aromatic heterocycles. The number of hydrogen-bond acceptors (Lipinski definition) is 6. The topological polar surface area (TPSA) is 77.8 Å². The monoisotopic (exact) mass is 1430 g/mol. The maximum absolute atomic E-state index is 7.07. The summed E-state index contributed by atoms with van der Waals surface area (Å²) in [5, 5.41) is 4.30. The summed E-state index contributed by atoms with van der Waals surface area (Å²) >= 11 is 0. The van der Waals surface area contributed by atoms with Gasteiger partial charge in [0.05, 0.1) is 33.6 Å². The van der Waals surface area contributed by atoms with Gasteiger partial charge in [0.2, 0.25) is 0 Å². The molecule has 20 aromatic rings. The van der Waals surface area contributed by atoms with Crippen LogP contribution in [-0.2, 0) is 10.8 Å². The van der Waals surface area contributed by atoms with Crippen LogP contribution in [0.4, 0.5) is 0 Å². The Morgan fingerprint density at radius 1 is 0.179 bits per heavy atom. The molecule has 522 valence electrons. The minimum atomic E-state index is -0.676. The molecule has 112 heavy (non-hydrogen) atoms. The standard InChI is InChI=1S/C106H66N4O2/c1-7-26-69(27-8-1)94-66-97(109-103(107-94)71-30-11-3-12-31-71)77-35-24-33-75(59-77)82-44-25-47-99-102(82)89-62-86-84-43-20-22-46-91(84)106(80-40-17-6-18-41-80,93(86)64-101(89)112-99)81-55-52-68(53-56-81)67-48-50-72(51-49-67)104-108-95(70-28-9-2-10-29-70)65-96(110-104)76-34-23-32-73(58-76)74-54-57-98-87(60-74)88-61-85-83-42-19-21-45-90(83)105(78-36-13-4-14-37-78,79-38-15-5-16-39-79)92(85)63-100(88)111-98/h1-66H. The first kappa shape index (κ1) is 64.5. The SMILES string of the molecule is c1ccc(-c2cc(-c3cccc(-c4ccc5oc6cc7c(cc6c5c4)-c4ccccc4C7(c4ccccc4)c4ccccc4)c3)nc(-c3ccc(-c4ccc(C5(c6ccccc6)c6ccccc6-c6cc7c(cc65)oc5cccc(-c6cccc(-c8cc(-c9ccccc9)nc(-c9ccccc9)n8)c6)c57)cc4)cc3)n2)cc1. The molecule has 0 spiro atoms. The van der Waals surface area contributed by atoms with Crippen molar-refractivity contribution in [2.24, 2.45) is 0 Å². The predicted molar refractivity (Wildman–Crippen MR) is 456 cm³/mol. The van der Waals surface area contributed by atoms with Gasteiger partial charge < -0.3 is 8.83 Å². The molecular weight excluding hydrogens is 1360 g/mol. The first-order chi connectivity index (χ1) is 55.5. The number of furan rings is 2. The summed E-state index contributed by atoms with van der Waals surface area (Å²) in [6, 6.07) is 144. The van der Waals surface area contributed by atoms with E-state index in [1.165, 1.54) is 61.2 Å². The molecule has 1 unspecified atom stereocenters. The van der Waals surface area contributed by atoms with Crippen molar-refractivity contribution in [1.29, 1.82) is 0 Å². The van der Waals surface area contributed by atoms with Gasteiger partial charge in [0.15, 0.2) is 11.6 Å². The Balaban J connectivity index is 0.596. The molecular formula is C106H66N4O2. The van der Waals surface area contributed by atoms with E-state index in [0.29, 0.717) is 11.6 Å². The Kier molecular flexibility index (Phi) is 15.0. The van der Waals surface area contributed by atoms with E-state index in [0.717, 1.165) is 139 Å². The molecule has 0 bridgehead atoms. The first-order valence-electron chi connectivity index (χ1n) is 38.2.